The van der Waals surface area contributed by atoms with Crippen molar-refractivity contribution in [3.8, 4) is 11.1 Å². The van der Waals surface area contributed by atoms with Gasteiger partial charge in [0.1, 0.15) is 0 Å². The van der Waals surface area contributed by atoms with E-state index >= 15 is 0 Å². The van der Waals surface area contributed by atoms with Gasteiger partial charge in [-0.25, -0.2) is 0 Å². The molecule has 0 atom stereocenters. The molecule has 2 N–H and O–H groups in total. The molecule has 0 fully saturated rings. The first kappa shape index (κ1) is 19.1. The van der Waals surface area contributed by atoms with E-state index in [0.29, 0.717) is 11.1 Å². The molecule has 0 bridgehead atoms. The van der Waals surface area contributed by atoms with E-state index in [4.69, 9.17) is 0 Å². The molecular weight excluding hydrogens is 360 g/mol. The fourth-order valence-corrected chi connectivity index (χ4v) is 3.62. The molecule has 144 valence electrons. The third-order valence-electron chi connectivity index (χ3n) is 5.16. The van der Waals surface area contributed by atoms with Gasteiger partial charge >= 0.3 is 0 Å². The van der Waals surface area contributed by atoms with Gasteiger partial charge in [0.25, 0.3) is 0 Å². The summed E-state index contributed by atoms with van der Waals surface area (Å²) in [5, 5.41) is 18.5. The highest BCUT2D eigenvalue weighted by Gasteiger charge is 2.23. The summed E-state index contributed by atoms with van der Waals surface area (Å²) in [5.74, 6) is -1.92. The smallest absolute Gasteiger partial charge is 0.192 e. The average Bonchev–Trinajstić information content (AvgIpc) is 3.13. The number of hydrogen-bond acceptors (Lipinski definition) is 3. The van der Waals surface area contributed by atoms with Crippen molar-refractivity contribution in [1.82, 2.24) is 0 Å². The van der Waals surface area contributed by atoms with Crippen LogP contribution in [-0.2, 0) is 6.42 Å². The topological polar surface area (TPSA) is 57.5 Å². The average molecular weight is 382 g/mol. The van der Waals surface area contributed by atoms with Crippen molar-refractivity contribution >= 4 is 5.78 Å². The van der Waals surface area contributed by atoms with Gasteiger partial charge < -0.3 is 10.2 Å². The summed E-state index contributed by atoms with van der Waals surface area (Å²) in [4.78, 5) is 11.9. The maximum absolute atomic E-state index is 11.9. The van der Waals surface area contributed by atoms with E-state index in [2.05, 4.69) is 48.5 Å². The normalized spacial score (nSPS) is 15.4. The molecule has 5 rings (SSSR count). The molecule has 0 saturated carbocycles. The number of ketones is 1. The minimum atomic E-state index is -1.82. The van der Waals surface area contributed by atoms with Crippen molar-refractivity contribution in [2.75, 3.05) is 0 Å². The van der Waals surface area contributed by atoms with Crippen LogP contribution in [0.1, 0.15) is 27.9 Å². The quantitative estimate of drug-likeness (QED) is 0.390. The molecule has 3 aromatic rings. The van der Waals surface area contributed by atoms with Crippen LogP contribution in [0.3, 0.4) is 0 Å². The zero-order valence-electron chi connectivity index (χ0n) is 16.0. The third kappa shape index (κ3) is 4.27. The first-order valence-electron chi connectivity index (χ1n) is 9.63. The molecule has 0 radical (unpaired) electrons. The predicted octanol–water partition coefficient (Wildman–Crippen LogP) is 4.69. The van der Waals surface area contributed by atoms with Gasteiger partial charge in [-0.1, -0.05) is 91.0 Å². The number of aliphatic hydroxyl groups is 2. The van der Waals surface area contributed by atoms with E-state index in [1.807, 2.05) is 6.07 Å². The third-order valence-corrected chi connectivity index (χ3v) is 5.16. The number of allylic oxidation sites excluding steroid dienone is 2. The first-order chi connectivity index (χ1) is 14.0. The number of benzene rings is 3. The highest BCUT2D eigenvalue weighted by Crippen LogP contribution is 2.35. The Balaban J connectivity index is 0.000000144. The predicted molar refractivity (Wildman–Crippen MR) is 114 cm³/mol. The van der Waals surface area contributed by atoms with Crippen molar-refractivity contribution in [1.29, 1.82) is 0 Å². The highest BCUT2D eigenvalue weighted by molar-refractivity contribution is 6.10. The fraction of sp³-hybridized carbons (Fsp3) is 0.115. The summed E-state index contributed by atoms with van der Waals surface area (Å²) in [5.41, 5.74) is 6.84. The second-order valence-corrected chi connectivity index (χ2v) is 7.26. The molecule has 29 heavy (non-hydrogen) atoms. The van der Waals surface area contributed by atoms with E-state index in [1.165, 1.54) is 40.5 Å². The van der Waals surface area contributed by atoms with Crippen molar-refractivity contribution in [3.05, 3.63) is 119 Å². The van der Waals surface area contributed by atoms with Crippen molar-refractivity contribution in [2.45, 2.75) is 18.6 Å². The summed E-state index contributed by atoms with van der Waals surface area (Å²) in [6.45, 7) is 0. The lowest BCUT2D eigenvalue weighted by Crippen LogP contribution is -2.26. The van der Waals surface area contributed by atoms with Gasteiger partial charge in [-0.3, -0.25) is 4.79 Å². The Morgan fingerprint density at radius 3 is 1.86 bits per heavy atom. The van der Waals surface area contributed by atoms with Crippen LogP contribution < -0.4 is 0 Å². The van der Waals surface area contributed by atoms with E-state index in [9.17, 15) is 15.0 Å². The van der Waals surface area contributed by atoms with Crippen molar-refractivity contribution in [3.63, 3.8) is 0 Å². The molecule has 0 aliphatic heterocycles. The molecule has 3 nitrogen and oxygen atoms in total. The molecule has 3 aromatic carbocycles. The summed E-state index contributed by atoms with van der Waals surface area (Å²) in [6.07, 6.45) is 5.35. The molecule has 2 aliphatic rings. The summed E-state index contributed by atoms with van der Waals surface area (Å²) in [6, 6.07) is 26.2. The molecule has 3 heteroatoms. The number of hydrogen-bond donors (Lipinski definition) is 2. The summed E-state index contributed by atoms with van der Waals surface area (Å²) < 4.78 is 0. The largest absolute Gasteiger partial charge is 0.362 e. The van der Waals surface area contributed by atoms with Gasteiger partial charge in [-0.2, -0.15) is 0 Å². The molecule has 0 amide bonds. The van der Waals surface area contributed by atoms with Gasteiger partial charge in [0.2, 0.25) is 0 Å². The minimum absolute atomic E-state index is 0.0391. The SMILES string of the molecule is O=C(C1=CCC(O)(O)C=C1)c1ccccc1.c1ccc2c(c1)Cc1ccccc1-2. The molecular formula is C26H22O3. The minimum Gasteiger partial charge on any atom is -0.362 e. The number of rotatable bonds is 2. The maximum atomic E-state index is 11.9. The number of carbonyl (C=O) groups is 1. The van der Waals surface area contributed by atoms with E-state index in [0.717, 1.165) is 6.42 Å². The lowest BCUT2D eigenvalue weighted by Gasteiger charge is -2.19. The summed E-state index contributed by atoms with van der Waals surface area (Å²) >= 11 is 0. The Morgan fingerprint density at radius 2 is 1.31 bits per heavy atom. The van der Waals surface area contributed by atoms with Crippen LogP contribution in [0.5, 0.6) is 0 Å². The monoisotopic (exact) mass is 382 g/mol. The molecule has 0 spiro atoms. The zero-order chi connectivity index (χ0) is 20.3. The van der Waals surface area contributed by atoms with Gasteiger partial charge in [0, 0.05) is 17.6 Å². The Morgan fingerprint density at radius 1 is 0.759 bits per heavy atom. The lowest BCUT2D eigenvalue weighted by atomic mass is 9.96. The van der Waals surface area contributed by atoms with Crippen LogP contribution in [-0.4, -0.2) is 21.8 Å². The fourth-order valence-electron chi connectivity index (χ4n) is 3.62. The highest BCUT2D eigenvalue weighted by atomic mass is 16.5. The van der Waals surface area contributed by atoms with Crippen LogP contribution in [0.25, 0.3) is 11.1 Å². The number of carbonyl (C=O) groups excluding carboxylic acids is 1. The number of fused-ring (bicyclic) bond motifs is 3. The maximum Gasteiger partial charge on any atom is 0.192 e. The van der Waals surface area contributed by atoms with Crippen LogP contribution in [0.15, 0.2) is 103 Å². The standard InChI is InChI=1S/C13H12O3.C13H10/c14-12(10-4-2-1-3-5-10)11-6-8-13(15,16)9-7-11;1-3-7-12-10(5-1)9-11-6-2-4-8-13(11)12/h1-8,15-16H,9H2;1-8H,9H2. The Hall–Kier alpha value is -3.27. The van der Waals surface area contributed by atoms with Gasteiger partial charge in [-0.15, -0.1) is 0 Å². The molecule has 0 heterocycles. The van der Waals surface area contributed by atoms with Crippen LogP contribution in [0.4, 0.5) is 0 Å². The Kier molecular flexibility index (Phi) is 5.26. The Labute approximate surface area is 170 Å². The van der Waals surface area contributed by atoms with Crippen LogP contribution in [0, 0.1) is 0 Å². The van der Waals surface area contributed by atoms with E-state index in [1.54, 1.807) is 24.3 Å². The van der Waals surface area contributed by atoms with Crippen LogP contribution in [0.2, 0.25) is 0 Å². The van der Waals surface area contributed by atoms with Gasteiger partial charge in [0.05, 0.1) is 0 Å². The van der Waals surface area contributed by atoms with Gasteiger partial charge in [0.15, 0.2) is 11.6 Å². The van der Waals surface area contributed by atoms with E-state index in [-0.39, 0.29) is 12.2 Å². The second-order valence-electron chi connectivity index (χ2n) is 7.26. The lowest BCUT2D eigenvalue weighted by molar-refractivity contribution is -0.115. The van der Waals surface area contributed by atoms with Gasteiger partial charge in [-0.05, 0) is 34.8 Å². The molecule has 0 aromatic heterocycles. The van der Waals surface area contributed by atoms with Crippen molar-refractivity contribution in [2.24, 2.45) is 0 Å². The van der Waals surface area contributed by atoms with Crippen molar-refractivity contribution < 1.29 is 15.0 Å². The zero-order valence-corrected chi connectivity index (χ0v) is 16.0. The second kappa shape index (κ2) is 8.00. The first-order valence-corrected chi connectivity index (χ1v) is 9.63. The molecule has 2 aliphatic carbocycles. The van der Waals surface area contributed by atoms with E-state index < -0.39 is 5.79 Å². The van der Waals surface area contributed by atoms with Crippen LogP contribution >= 0.6 is 0 Å². The Bertz CT molecular complexity index is 1050. The number of Topliss-reactive ketones (excluding diaryl/α,β-unsaturated/α-hetero) is 1. The molecule has 0 unspecified atom stereocenters. The summed E-state index contributed by atoms with van der Waals surface area (Å²) in [7, 11) is 0. The molecule has 0 saturated heterocycles.